The van der Waals surface area contributed by atoms with E-state index in [1.165, 1.54) is 7.11 Å². The van der Waals surface area contributed by atoms with E-state index in [1.54, 1.807) is 24.3 Å². The zero-order valence-corrected chi connectivity index (χ0v) is 10.2. The van der Waals surface area contributed by atoms with Crippen molar-refractivity contribution in [2.24, 2.45) is 0 Å². The Hall–Kier alpha value is -1.10. The van der Waals surface area contributed by atoms with Gasteiger partial charge in [0.1, 0.15) is 6.10 Å². The largest absolute Gasteiger partial charge is 0.469 e. The van der Waals surface area contributed by atoms with Crippen molar-refractivity contribution in [3.05, 3.63) is 35.4 Å². The van der Waals surface area contributed by atoms with E-state index in [4.69, 9.17) is 11.6 Å². The zero-order chi connectivity index (χ0) is 12.8. The van der Waals surface area contributed by atoms with Crippen LogP contribution in [0.25, 0.3) is 0 Å². The number of carbonyl (C=O) groups excluding carboxylic acids is 1. The predicted molar refractivity (Wildman–Crippen MR) is 63.8 cm³/mol. The number of ether oxygens (including phenoxy) is 1. The van der Waals surface area contributed by atoms with Gasteiger partial charge in [0.25, 0.3) is 0 Å². The van der Waals surface area contributed by atoms with Crippen molar-refractivity contribution in [1.29, 1.82) is 0 Å². The lowest BCUT2D eigenvalue weighted by Crippen LogP contribution is -2.21. The second-order valence-electron chi connectivity index (χ2n) is 3.62. The molecule has 1 aromatic rings. The van der Waals surface area contributed by atoms with Crippen LogP contribution in [0.2, 0.25) is 0 Å². The van der Waals surface area contributed by atoms with Crippen molar-refractivity contribution in [3.63, 3.8) is 0 Å². The van der Waals surface area contributed by atoms with Crippen molar-refractivity contribution in [2.75, 3.05) is 13.0 Å². The van der Waals surface area contributed by atoms with Crippen LogP contribution in [0, 0.1) is 0 Å². The third-order valence-electron chi connectivity index (χ3n) is 2.46. The van der Waals surface area contributed by atoms with Crippen LogP contribution in [-0.4, -0.2) is 35.3 Å². The Morgan fingerprint density at radius 2 is 2.06 bits per heavy atom. The van der Waals surface area contributed by atoms with E-state index in [1.807, 2.05) is 0 Å². The number of rotatable bonds is 5. The highest BCUT2D eigenvalue weighted by Gasteiger charge is 2.20. The van der Waals surface area contributed by atoms with Gasteiger partial charge in [-0.3, -0.25) is 4.79 Å². The van der Waals surface area contributed by atoms with E-state index in [-0.39, 0.29) is 12.3 Å². The zero-order valence-electron chi connectivity index (χ0n) is 9.47. The second-order valence-corrected chi connectivity index (χ2v) is 3.93. The normalized spacial score (nSPS) is 14.1. The molecule has 4 nitrogen and oxygen atoms in total. The molecule has 2 N–H and O–H groups in total. The van der Waals surface area contributed by atoms with Crippen molar-refractivity contribution < 1.29 is 19.7 Å². The maximum Gasteiger partial charge on any atom is 0.309 e. The Kier molecular flexibility index (Phi) is 5.41. The Morgan fingerprint density at radius 1 is 1.41 bits per heavy atom. The van der Waals surface area contributed by atoms with Crippen LogP contribution in [-0.2, 0) is 16.0 Å². The fourth-order valence-corrected chi connectivity index (χ4v) is 1.67. The molecule has 1 rings (SSSR count). The Balaban J connectivity index is 2.94. The Morgan fingerprint density at radius 3 is 2.65 bits per heavy atom. The molecule has 0 fully saturated rings. The van der Waals surface area contributed by atoms with E-state index in [0.717, 1.165) is 0 Å². The summed E-state index contributed by atoms with van der Waals surface area (Å²) in [6.45, 7) is 0. The highest BCUT2D eigenvalue weighted by atomic mass is 35.5. The molecule has 17 heavy (non-hydrogen) atoms. The monoisotopic (exact) mass is 258 g/mol. The fraction of sp³-hybridized carbons (Fsp3) is 0.417. The fourth-order valence-electron chi connectivity index (χ4n) is 1.50. The molecule has 0 saturated carbocycles. The minimum atomic E-state index is -1.10. The van der Waals surface area contributed by atoms with E-state index >= 15 is 0 Å². The third-order valence-corrected chi connectivity index (χ3v) is 2.77. The van der Waals surface area contributed by atoms with Crippen LogP contribution >= 0.6 is 11.6 Å². The SMILES string of the molecule is COC(=O)Cc1ccccc1C(O)C(O)CCl. The van der Waals surface area contributed by atoms with Crippen LogP contribution in [0.1, 0.15) is 17.2 Å². The Labute approximate surface area is 105 Å². The summed E-state index contributed by atoms with van der Waals surface area (Å²) in [6, 6.07) is 6.83. The number of aliphatic hydroxyl groups excluding tert-OH is 2. The minimum absolute atomic E-state index is 0.0543. The van der Waals surface area contributed by atoms with E-state index in [9.17, 15) is 15.0 Å². The van der Waals surface area contributed by atoms with Gasteiger partial charge in [0.2, 0.25) is 0 Å². The molecule has 0 saturated heterocycles. The lowest BCUT2D eigenvalue weighted by molar-refractivity contribution is -0.139. The first-order chi connectivity index (χ1) is 8.10. The number of hydrogen-bond donors (Lipinski definition) is 2. The van der Waals surface area contributed by atoms with Gasteiger partial charge in [0.15, 0.2) is 0 Å². The van der Waals surface area contributed by atoms with Gasteiger partial charge in [-0.1, -0.05) is 24.3 Å². The van der Waals surface area contributed by atoms with Crippen molar-refractivity contribution >= 4 is 17.6 Å². The smallest absolute Gasteiger partial charge is 0.309 e. The second kappa shape index (κ2) is 6.59. The van der Waals surface area contributed by atoms with E-state index < -0.39 is 18.2 Å². The van der Waals surface area contributed by atoms with E-state index in [0.29, 0.717) is 11.1 Å². The molecule has 2 unspecified atom stereocenters. The lowest BCUT2D eigenvalue weighted by Gasteiger charge is -2.18. The Bertz CT molecular complexity index is 381. The maximum atomic E-state index is 11.2. The van der Waals surface area contributed by atoms with Gasteiger partial charge in [0, 0.05) is 0 Å². The van der Waals surface area contributed by atoms with Gasteiger partial charge in [-0.05, 0) is 11.1 Å². The highest BCUT2D eigenvalue weighted by Crippen LogP contribution is 2.22. The third kappa shape index (κ3) is 3.70. The summed E-state index contributed by atoms with van der Waals surface area (Å²) in [5.74, 6) is -0.474. The average Bonchev–Trinajstić information content (AvgIpc) is 2.37. The van der Waals surface area contributed by atoms with Gasteiger partial charge in [-0.15, -0.1) is 11.6 Å². The number of benzene rings is 1. The van der Waals surface area contributed by atoms with Gasteiger partial charge < -0.3 is 14.9 Å². The molecule has 94 valence electrons. The van der Waals surface area contributed by atoms with Crippen LogP contribution in [0.15, 0.2) is 24.3 Å². The summed E-state index contributed by atoms with van der Waals surface area (Å²) >= 11 is 5.48. The quantitative estimate of drug-likeness (QED) is 0.612. The minimum Gasteiger partial charge on any atom is -0.469 e. The molecule has 0 aromatic heterocycles. The summed E-state index contributed by atoms with van der Waals surface area (Å²) in [5.41, 5.74) is 1.11. The number of methoxy groups -OCH3 is 1. The standard InChI is InChI=1S/C12H15ClO4/c1-17-11(15)6-8-4-2-3-5-9(8)12(16)10(14)7-13/h2-5,10,12,14,16H,6-7H2,1H3. The molecular weight excluding hydrogens is 244 g/mol. The van der Waals surface area contributed by atoms with Gasteiger partial charge in [-0.2, -0.15) is 0 Å². The first kappa shape index (κ1) is 14.0. The number of esters is 1. The van der Waals surface area contributed by atoms with Gasteiger partial charge in [-0.25, -0.2) is 0 Å². The molecular formula is C12H15ClO4. The summed E-state index contributed by atoms with van der Waals surface area (Å²) in [5, 5.41) is 19.4. The van der Waals surface area contributed by atoms with Crippen molar-refractivity contribution in [2.45, 2.75) is 18.6 Å². The van der Waals surface area contributed by atoms with Crippen LogP contribution in [0.4, 0.5) is 0 Å². The molecule has 0 aliphatic carbocycles. The molecule has 0 heterocycles. The van der Waals surface area contributed by atoms with Crippen molar-refractivity contribution in [3.8, 4) is 0 Å². The summed E-state index contributed by atoms with van der Waals surface area (Å²) in [6.07, 6.45) is -2.11. The van der Waals surface area contributed by atoms with E-state index in [2.05, 4.69) is 4.74 Å². The number of alkyl halides is 1. The molecule has 0 aliphatic heterocycles. The number of carbonyl (C=O) groups is 1. The van der Waals surface area contributed by atoms with Crippen LogP contribution < -0.4 is 0 Å². The number of aliphatic hydroxyl groups is 2. The molecule has 0 bridgehead atoms. The van der Waals surface area contributed by atoms with Gasteiger partial charge >= 0.3 is 5.97 Å². The van der Waals surface area contributed by atoms with Crippen LogP contribution in [0.3, 0.4) is 0 Å². The molecule has 0 spiro atoms. The summed E-state index contributed by atoms with van der Waals surface area (Å²) < 4.78 is 4.57. The number of hydrogen-bond acceptors (Lipinski definition) is 4. The average molecular weight is 259 g/mol. The topological polar surface area (TPSA) is 66.8 Å². The predicted octanol–water partition coefficient (Wildman–Crippen LogP) is 1.04. The molecule has 0 aliphatic rings. The number of halogens is 1. The lowest BCUT2D eigenvalue weighted by atomic mass is 9.97. The highest BCUT2D eigenvalue weighted by molar-refractivity contribution is 6.18. The first-order valence-electron chi connectivity index (χ1n) is 5.16. The van der Waals surface area contributed by atoms with Crippen molar-refractivity contribution in [1.82, 2.24) is 0 Å². The van der Waals surface area contributed by atoms with Crippen LogP contribution in [0.5, 0.6) is 0 Å². The molecule has 5 heteroatoms. The summed E-state index contributed by atoms with van der Waals surface area (Å²) in [7, 11) is 1.30. The summed E-state index contributed by atoms with van der Waals surface area (Å²) in [4.78, 5) is 11.2. The molecule has 0 amide bonds. The molecule has 2 atom stereocenters. The maximum absolute atomic E-state index is 11.2. The molecule has 0 radical (unpaired) electrons. The first-order valence-corrected chi connectivity index (χ1v) is 5.70. The molecule has 1 aromatic carbocycles. The van der Waals surface area contributed by atoms with Gasteiger partial charge in [0.05, 0.1) is 25.5 Å².